The fourth-order valence-corrected chi connectivity index (χ4v) is 2.85. The van der Waals surface area contributed by atoms with Crippen LogP contribution < -0.4 is 16.0 Å². The highest BCUT2D eigenvalue weighted by molar-refractivity contribution is 6.06. The molecular formula is C18H19N3O2. The maximum absolute atomic E-state index is 12.9. The number of hydrogen-bond acceptors (Lipinski definition) is 3. The number of rotatable bonds is 2. The molecule has 3 N–H and O–H groups in total. The van der Waals surface area contributed by atoms with Gasteiger partial charge in [0.15, 0.2) is 0 Å². The van der Waals surface area contributed by atoms with Crippen LogP contribution >= 0.6 is 0 Å². The van der Waals surface area contributed by atoms with Gasteiger partial charge in [0.25, 0.3) is 5.91 Å². The maximum Gasteiger partial charge on any atom is 0.253 e. The Morgan fingerprint density at radius 1 is 1.13 bits per heavy atom. The van der Waals surface area contributed by atoms with E-state index in [0.717, 1.165) is 22.4 Å². The summed E-state index contributed by atoms with van der Waals surface area (Å²) < 4.78 is 0. The third-order valence-corrected chi connectivity index (χ3v) is 4.11. The Labute approximate surface area is 135 Å². The highest BCUT2D eigenvalue weighted by Crippen LogP contribution is 2.39. The largest absolute Gasteiger partial charge is 0.339 e. The monoisotopic (exact) mass is 309 g/mol. The van der Waals surface area contributed by atoms with Gasteiger partial charge in [0.2, 0.25) is 5.91 Å². The van der Waals surface area contributed by atoms with Crippen LogP contribution in [0.1, 0.15) is 18.5 Å². The van der Waals surface area contributed by atoms with Gasteiger partial charge < -0.3 is 16.0 Å². The third-order valence-electron chi connectivity index (χ3n) is 4.11. The van der Waals surface area contributed by atoms with Crippen LogP contribution in [0.5, 0.6) is 0 Å². The van der Waals surface area contributed by atoms with Crippen molar-refractivity contribution in [3.8, 4) is 11.1 Å². The third kappa shape index (κ3) is 2.59. The molecule has 0 saturated heterocycles. The molecular weight excluding hydrogens is 290 g/mol. The second-order valence-electron chi connectivity index (χ2n) is 5.73. The van der Waals surface area contributed by atoms with Crippen molar-refractivity contribution in [1.82, 2.24) is 5.32 Å². The number of nitrogens with one attached hydrogen (secondary N) is 1. The van der Waals surface area contributed by atoms with Crippen LogP contribution in [0.15, 0.2) is 48.5 Å². The molecule has 0 spiro atoms. The van der Waals surface area contributed by atoms with E-state index >= 15 is 0 Å². The molecule has 0 radical (unpaired) electrons. The normalized spacial score (nSPS) is 17.8. The number of para-hydroxylation sites is 1. The molecule has 0 saturated carbocycles. The number of hydrogen-bond donors (Lipinski definition) is 2. The van der Waals surface area contributed by atoms with Crippen molar-refractivity contribution in [2.45, 2.75) is 19.0 Å². The van der Waals surface area contributed by atoms with Gasteiger partial charge in [-0.15, -0.1) is 0 Å². The molecule has 2 aromatic carbocycles. The van der Waals surface area contributed by atoms with Crippen molar-refractivity contribution in [3.63, 3.8) is 0 Å². The number of nitrogens with zero attached hydrogens (tertiary/aromatic N) is 1. The Bertz CT molecular complexity index is 770. The standard InChI is InChI=1S/C18H19N3O2/c1-11(19)17(22)20-16-14-9-4-3-7-12(14)13-8-5-6-10-15(13)21(2)18(16)23/h3-11,16H,19H2,1-2H3,(H,20,22)/t11-,16+/m0/s1. The Morgan fingerprint density at radius 2 is 1.74 bits per heavy atom. The molecule has 3 rings (SSSR count). The molecule has 0 bridgehead atoms. The highest BCUT2D eigenvalue weighted by atomic mass is 16.2. The van der Waals surface area contributed by atoms with Gasteiger partial charge in [-0.1, -0.05) is 42.5 Å². The van der Waals surface area contributed by atoms with Crippen molar-refractivity contribution in [2.75, 3.05) is 11.9 Å². The summed E-state index contributed by atoms with van der Waals surface area (Å²) >= 11 is 0. The number of carbonyl (C=O) groups is 2. The number of nitrogens with two attached hydrogens (primary N) is 1. The molecule has 5 nitrogen and oxygen atoms in total. The second kappa shape index (κ2) is 5.85. The quantitative estimate of drug-likeness (QED) is 0.888. The zero-order chi connectivity index (χ0) is 16.6. The summed E-state index contributed by atoms with van der Waals surface area (Å²) in [5.74, 6) is -0.533. The van der Waals surface area contributed by atoms with Gasteiger partial charge in [-0.25, -0.2) is 0 Å². The van der Waals surface area contributed by atoms with Crippen molar-refractivity contribution < 1.29 is 9.59 Å². The summed E-state index contributed by atoms with van der Waals surface area (Å²) in [6.45, 7) is 1.60. The lowest BCUT2D eigenvalue weighted by Gasteiger charge is -2.23. The van der Waals surface area contributed by atoms with E-state index in [2.05, 4.69) is 5.32 Å². The van der Waals surface area contributed by atoms with Gasteiger partial charge in [-0.05, 0) is 24.1 Å². The van der Waals surface area contributed by atoms with E-state index in [1.807, 2.05) is 48.5 Å². The van der Waals surface area contributed by atoms with E-state index in [1.165, 1.54) is 0 Å². The van der Waals surface area contributed by atoms with Crippen LogP contribution in [-0.4, -0.2) is 24.9 Å². The average molecular weight is 309 g/mol. The summed E-state index contributed by atoms with van der Waals surface area (Å²) in [5, 5.41) is 2.77. The van der Waals surface area contributed by atoms with Gasteiger partial charge in [-0.3, -0.25) is 9.59 Å². The first kappa shape index (κ1) is 15.2. The Morgan fingerprint density at radius 3 is 2.43 bits per heavy atom. The fourth-order valence-electron chi connectivity index (χ4n) is 2.85. The van der Waals surface area contributed by atoms with Crippen LogP contribution in [0, 0.1) is 0 Å². The van der Waals surface area contributed by atoms with Crippen LogP contribution in [0.25, 0.3) is 11.1 Å². The molecule has 2 atom stereocenters. The number of carbonyl (C=O) groups excluding carboxylic acids is 2. The topological polar surface area (TPSA) is 75.4 Å². The molecule has 118 valence electrons. The minimum absolute atomic E-state index is 0.184. The van der Waals surface area contributed by atoms with E-state index in [9.17, 15) is 9.59 Å². The molecule has 0 aromatic heterocycles. The fraction of sp³-hybridized carbons (Fsp3) is 0.222. The molecule has 1 heterocycles. The molecule has 0 fully saturated rings. The van der Waals surface area contributed by atoms with Gasteiger partial charge >= 0.3 is 0 Å². The lowest BCUT2D eigenvalue weighted by molar-refractivity contribution is -0.128. The zero-order valence-corrected chi connectivity index (χ0v) is 13.1. The SMILES string of the molecule is C[C@H](N)C(=O)N[C@H]1C(=O)N(C)c2ccccc2-c2ccccc21. The zero-order valence-electron chi connectivity index (χ0n) is 13.1. The molecule has 0 aliphatic carbocycles. The first-order valence-electron chi connectivity index (χ1n) is 7.52. The number of fused-ring (bicyclic) bond motifs is 3. The van der Waals surface area contributed by atoms with Crippen LogP contribution in [0.4, 0.5) is 5.69 Å². The van der Waals surface area contributed by atoms with E-state index in [4.69, 9.17) is 5.73 Å². The van der Waals surface area contributed by atoms with Crippen molar-refractivity contribution in [3.05, 3.63) is 54.1 Å². The summed E-state index contributed by atoms with van der Waals surface area (Å²) in [6, 6.07) is 13.9. The minimum atomic E-state index is -0.748. The Balaban J connectivity index is 2.17. The first-order chi connectivity index (χ1) is 11.0. The predicted molar refractivity (Wildman–Crippen MR) is 89.8 cm³/mol. The van der Waals surface area contributed by atoms with Gasteiger partial charge in [0.05, 0.1) is 11.7 Å². The van der Waals surface area contributed by atoms with E-state index in [1.54, 1.807) is 18.9 Å². The summed E-state index contributed by atoms with van der Waals surface area (Å²) in [5.41, 5.74) is 9.15. The van der Waals surface area contributed by atoms with Crippen LogP contribution in [0.3, 0.4) is 0 Å². The molecule has 23 heavy (non-hydrogen) atoms. The van der Waals surface area contributed by atoms with E-state index in [-0.39, 0.29) is 11.8 Å². The lowest BCUT2D eigenvalue weighted by atomic mass is 9.95. The smallest absolute Gasteiger partial charge is 0.253 e. The Hall–Kier alpha value is -2.66. The van der Waals surface area contributed by atoms with Gasteiger partial charge in [0, 0.05) is 12.6 Å². The number of benzene rings is 2. The molecule has 0 unspecified atom stereocenters. The summed E-state index contributed by atoms with van der Waals surface area (Å²) in [7, 11) is 1.72. The molecule has 1 aliphatic rings. The first-order valence-corrected chi connectivity index (χ1v) is 7.52. The molecule has 5 heteroatoms. The predicted octanol–water partition coefficient (Wildman–Crippen LogP) is 1.83. The van der Waals surface area contributed by atoms with Gasteiger partial charge in [0.1, 0.15) is 6.04 Å². The highest BCUT2D eigenvalue weighted by Gasteiger charge is 2.33. The molecule has 2 aromatic rings. The lowest BCUT2D eigenvalue weighted by Crippen LogP contribution is -2.46. The van der Waals surface area contributed by atoms with Crippen LogP contribution in [-0.2, 0) is 9.59 Å². The van der Waals surface area contributed by atoms with E-state index < -0.39 is 12.1 Å². The van der Waals surface area contributed by atoms with E-state index in [0.29, 0.717) is 0 Å². The number of likely N-dealkylation sites (N-methyl/N-ethyl adjacent to an activating group) is 1. The minimum Gasteiger partial charge on any atom is -0.339 e. The Kier molecular flexibility index (Phi) is 3.88. The average Bonchev–Trinajstić information content (AvgIpc) is 2.65. The number of anilines is 1. The molecule has 1 aliphatic heterocycles. The maximum atomic E-state index is 12.9. The summed E-state index contributed by atoms with van der Waals surface area (Å²) in [6.07, 6.45) is 0. The number of amides is 2. The van der Waals surface area contributed by atoms with Crippen molar-refractivity contribution in [1.29, 1.82) is 0 Å². The van der Waals surface area contributed by atoms with Crippen molar-refractivity contribution >= 4 is 17.5 Å². The molecule has 2 amide bonds. The van der Waals surface area contributed by atoms with Gasteiger partial charge in [-0.2, -0.15) is 0 Å². The van der Waals surface area contributed by atoms with Crippen LogP contribution in [0.2, 0.25) is 0 Å². The summed E-state index contributed by atoms with van der Waals surface area (Å²) in [4.78, 5) is 26.5. The second-order valence-corrected chi connectivity index (χ2v) is 5.73. The van der Waals surface area contributed by atoms with Crippen molar-refractivity contribution in [2.24, 2.45) is 5.73 Å².